The molecule has 0 radical (unpaired) electrons. The number of unbranched alkanes of at least 4 members (excludes halogenated alkanes) is 1. The molecule has 1 heterocycles. The van der Waals surface area contributed by atoms with E-state index < -0.39 is 17.6 Å². The number of benzene rings is 2. The molecule has 0 saturated heterocycles. The van der Waals surface area contributed by atoms with Crippen LogP contribution in [0.5, 0.6) is 0 Å². The summed E-state index contributed by atoms with van der Waals surface area (Å²) in [7, 11) is 0. The van der Waals surface area contributed by atoms with Crippen LogP contribution in [0.3, 0.4) is 0 Å². The molecular weight excluding hydrogens is 723 g/mol. The first-order valence-corrected chi connectivity index (χ1v) is 21.2. The summed E-state index contributed by atoms with van der Waals surface area (Å²) in [6.07, 6.45) is 5.53. The average Bonchev–Trinajstić information content (AvgIpc) is 3.87. The van der Waals surface area contributed by atoms with Gasteiger partial charge in [0.15, 0.2) is 0 Å². The smallest absolute Gasteiger partial charge is 0.349 e. The fraction of sp³-hybridized carbons (Fsp3) is 0.622. The van der Waals surface area contributed by atoms with E-state index in [4.69, 9.17) is 0 Å². The van der Waals surface area contributed by atoms with Crippen LogP contribution in [0.25, 0.3) is 10.2 Å². The molecule has 2 bridgehead atoms. The molecule has 2 aliphatic rings. The van der Waals surface area contributed by atoms with Gasteiger partial charge in [0.05, 0.1) is 26.4 Å². The number of hydrogen-bond donors (Lipinski definition) is 2. The summed E-state index contributed by atoms with van der Waals surface area (Å²) in [4.78, 5) is 27.9. The zero-order valence-corrected chi connectivity index (χ0v) is 36.4. The number of rotatable bonds is 11. The third-order valence-electron chi connectivity index (χ3n) is 11.0. The van der Waals surface area contributed by atoms with Crippen LogP contribution in [0.15, 0.2) is 42.5 Å². The molecule has 2 saturated carbocycles. The Morgan fingerprint density at radius 3 is 2.11 bits per heavy atom. The van der Waals surface area contributed by atoms with Crippen molar-refractivity contribution in [2.75, 3.05) is 5.32 Å². The molecule has 7 atom stereocenters. The van der Waals surface area contributed by atoms with E-state index in [1.807, 2.05) is 26.1 Å². The Hall–Kier alpha value is -3.27. The monoisotopic (exact) mass is 792 g/mol. The zero-order valence-electron chi connectivity index (χ0n) is 35.6. The van der Waals surface area contributed by atoms with E-state index in [9.17, 15) is 27.2 Å². The summed E-state index contributed by atoms with van der Waals surface area (Å²) >= 11 is 1.65. The van der Waals surface area contributed by atoms with E-state index >= 15 is 0 Å². The first-order chi connectivity index (χ1) is 25.9. The molecule has 310 valence electrons. The Morgan fingerprint density at radius 1 is 1.00 bits per heavy atom. The predicted molar refractivity (Wildman–Crippen MR) is 225 cm³/mol. The summed E-state index contributed by atoms with van der Waals surface area (Å²) in [6.45, 7) is 30.0. The topological polar surface area (TPSA) is 71.1 Å². The number of halogens is 4. The largest absolute Gasteiger partial charge is 0.419 e. The van der Waals surface area contributed by atoms with Crippen molar-refractivity contribution in [3.8, 4) is 0 Å². The summed E-state index contributed by atoms with van der Waals surface area (Å²) in [5.41, 5.74) is 2.82. The number of carbonyl (C=O) groups excluding carboxylic acids is 2. The highest BCUT2D eigenvalue weighted by molar-refractivity contribution is 7.19. The molecule has 10 heteroatoms. The number of anilines is 1. The van der Waals surface area contributed by atoms with Crippen molar-refractivity contribution in [2.24, 2.45) is 29.6 Å². The quantitative estimate of drug-likeness (QED) is 0.115. The number of fused-ring (bicyclic) bond motifs is 3. The zero-order chi connectivity index (χ0) is 42.0. The maximum Gasteiger partial charge on any atom is 0.419 e. The van der Waals surface area contributed by atoms with Crippen LogP contribution in [0.1, 0.15) is 160 Å². The third kappa shape index (κ3) is 15.0. The van der Waals surface area contributed by atoms with Gasteiger partial charge in [-0.3, -0.25) is 9.59 Å². The lowest BCUT2D eigenvalue weighted by molar-refractivity contribution is -0.140. The second kappa shape index (κ2) is 24.4. The molecule has 3 aromatic rings. The van der Waals surface area contributed by atoms with Gasteiger partial charge in [-0.1, -0.05) is 100 Å². The molecule has 6 unspecified atom stereocenters. The fourth-order valence-electron chi connectivity index (χ4n) is 7.09. The Kier molecular flexibility index (Phi) is 22.1. The van der Waals surface area contributed by atoms with Crippen LogP contribution >= 0.6 is 11.3 Å². The van der Waals surface area contributed by atoms with Crippen LogP contribution in [-0.2, 0) is 11.0 Å². The normalized spacial score (nSPS) is 19.8. The standard InChI is InChI=1S/C21H28N2OS.C10H20.C8H5F4NO.C4H10.C2H6/c1-5-11(2)16-8-9-17-20(25-13(4)22-17)18(16)21(24)23-19-12(3)14-6-7-15(19)10-14;1-6-9(4)10(5)7-8(2)3;9-7-2-1-5(13-4-14)3-6(7)8(10,11)12;1-3-4-2;1-2/h8-9,11-12,14-15,19H,5-7,10H2,1-4H3,(H,23,24);9-10H,2,6-7H2,1,3-5H3;1-4H,(H,13,14);3-4H2,1-2H3;1-2H3/t11?,12?,14-,15?,19?;;;;/m1..../s1. The number of hydrogen-bond acceptors (Lipinski definition) is 4. The molecule has 2 aromatic carbocycles. The molecule has 5 nitrogen and oxygen atoms in total. The molecular formula is C45H69F4N3O2S. The van der Waals surface area contributed by atoms with Gasteiger partial charge in [-0.2, -0.15) is 13.2 Å². The first kappa shape index (κ1) is 49.7. The number of nitrogens with zero attached hydrogens (tertiary/aromatic N) is 1. The highest BCUT2D eigenvalue weighted by Crippen LogP contribution is 2.48. The van der Waals surface area contributed by atoms with Gasteiger partial charge in [0.2, 0.25) is 6.41 Å². The van der Waals surface area contributed by atoms with Gasteiger partial charge in [-0.05, 0) is 111 Å². The van der Waals surface area contributed by atoms with Crippen molar-refractivity contribution in [1.82, 2.24) is 10.3 Å². The molecule has 1 aromatic heterocycles. The predicted octanol–water partition coefficient (Wildman–Crippen LogP) is 14.2. The molecule has 2 fully saturated rings. The van der Waals surface area contributed by atoms with E-state index in [1.54, 1.807) is 11.3 Å². The highest BCUT2D eigenvalue weighted by Gasteiger charge is 2.46. The molecule has 2 amide bonds. The molecule has 0 spiro atoms. The van der Waals surface area contributed by atoms with E-state index in [0.717, 1.165) is 51.0 Å². The minimum atomic E-state index is -4.76. The van der Waals surface area contributed by atoms with Crippen molar-refractivity contribution in [3.63, 3.8) is 0 Å². The van der Waals surface area contributed by atoms with Crippen LogP contribution in [0, 0.1) is 42.3 Å². The highest BCUT2D eigenvalue weighted by atomic mass is 32.1. The number of aromatic nitrogens is 1. The Bertz CT molecular complexity index is 1620. The molecule has 2 N–H and O–H groups in total. The van der Waals surface area contributed by atoms with Gasteiger partial charge < -0.3 is 10.6 Å². The lowest BCUT2D eigenvalue weighted by Crippen LogP contribution is -2.43. The SMILES string of the molecule is C=C(C)CC(C)C(C)CC.CC.CCC(C)c1ccc2nc(C)sc2c1C(=O)NC1C2CC[C@H](C2)C1C.CCCC.O=CNc1ccc(F)c(C(F)(F)F)c1. The van der Waals surface area contributed by atoms with Gasteiger partial charge in [0, 0.05) is 11.7 Å². The molecule has 2 aliphatic carbocycles. The number of amides is 2. The Labute approximate surface area is 333 Å². The maximum atomic E-state index is 13.4. The van der Waals surface area contributed by atoms with Crippen molar-refractivity contribution < 1.29 is 27.2 Å². The average molecular weight is 792 g/mol. The van der Waals surface area contributed by atoms with Crippen molar-refractivity contribution in [2.45, 2.75) is 153 Å². The second-order valence-electron chi connectivity index (χ2n) is 15.1. The van der Waals surface area contributed by atoms with Crippen molar-refractivity contribution in [3.05, 3.63) is 70.0 Å². The minimum Gasteiger partial charge on any atom is -0.349 e. The lowest BCUT2D eigenvalue weighted by Gasteiger charge is -2.29. The molecule has 5 rings (SSSR count). The summed E-state index contributed by atoms with van der Waals surface area (Å²) in [6, 6.07) is 6.77. The minimum absolute atomic E-state index is 0.103. The fourth-order valence-corrected chi connectivity index (χ4v) is 8.06. The number of thiazole rings is 1. The van der Waals surface area contributed by atoms with E-state index in [-0.39, 0.29) is 18.0 Å². The number of allylic oxidation sites excluding steroid dienone is 1. The first-order valence-electron chi connectivity index (χ1n) is 20.4. The second-order valence-corrected chi connectivity index (χ2v) is 16.3. The van der Waals surface area contributed by atoms with Crippen LogP contribution in [0.4, 0.5) is 23.2 Å². The van der Waals surface area contributed by atoms with Gasteiger partial charge in [0.25, 0.3) is 5.91 Å². The van der Waals surface area contributed by atoms with Gasteiger partial charge in [-0.15, -0.1) is 17.9 Å². The van der Waals surface area contributed by atoms with E-state index in [0.29, 0.717) is 35.9 Å². The van der Waals surface area contributed by atoms with Gasteiger partial charge in [0.1, 0.15) is 5.82 Å². The van der Waals surface area contributed by atoms with Gasteiger partial charge in [-0.25, -0.2) is 9.37 Å². The van der Waals surface area contributed by atoms with Crippen LogP contribution in [-0.4, -0.2) is 23.3 Å². The van der Waals surface area contributed by atoms with Gasteiger partial charge >= 0.3 is 6.18 Å². The third-order valence-corrected chi connectivity index (χ3v) is 12.0. The number of alkyl halides is 3. The Morgan fingerprint density at radius 2 is 1.62 bits per heavy atom. The van der Waals surface area contributed by atoms with E-state index in [2.05, 4.69) is 91.3 Å². The molecule has 55 heavy (non-hydrogen) atoms. The summed E-state index contributed by atoms with van der Waals surface area (Å²) < 4.78 is 50.1. The van der Waals surface area contributed by atoms with Crippen LogP contribution in [0.2, 0.25) is 0 Å². The van der Waals surface area contributed by atoms with E-state index in [1.165, 1.54) is 56.1 Å². The van der Waals surface area contributed by atoms with Crippen molar-refractivity contribution in [1.29, 1.82) is 0 Å². The van der Waals surface area contributed by atoms with Crippen molar-refractivity contribution >= 4 is 39.6 Å². The number of aryl methyl sites for hydroxylation is 1. The summed E-state index contributed by atoms with van der Waals surface area (Å²) in [5.74, 6) is 2.88. The van der Waals surface area contributed by atoms with Crippen LogP contribution < -0.4 is 10.6 Å². The number of nitrogens with one attached hydrogen (secondary N) is 2. The number of carbonyl (C=O) groups is 2. The maximum absolute atomic E-state index is 13.4. The lowest BCUT2D eigenvalue weighted by atomic mass is 9.85. The summed E-state index contributed by atoms with van der Waals surface area (Å²) in [5, 5.41) is 6.46. The Balaban J connectivity index is 0.000000427. The molecule has 0 aliphatic heterocycles.